The van der Waals surface area contributed by atoms with Crippen LogP contribution in [0, 0.1) is 5.92 Å². The van der Waals surface area contributed by atoms with Crippen molar-refractivity contribution >= 4 is 10.8 Å². The van der Waals surface area contributed by atoms with Crippen LogP contribution in [0.4, 0.5) is 8.78 Å². The summed E-state index contributed by atoms with van der Waals surface area (Å²) in [6, 6.07) is 10.3. The molecule has 2 aromatic rings. The van der Waals surface area contributed by atoms with Gasteiger partial charge in [-0.15, -0.1) is 6.58 Å². The molecule has 0 heterocycles. The standard InChI is InChI=1S/C24H30F2O/c1-3-5-7-17-8-10-18(11-9-17)20-14-15-22-21(16-20)13-12-19(6-4-2)23(22)27-24(25)26/h3,12-18,24H,1,4-11H2,2H3. The third-order valence-corrected chi connectivity index (χ3v) is 5.90. The predicted molar refractivity (Wildman–Crippen MR) is 109 cm³/mol. The second-order valence-corrected chi connectivity index (χ2v) is 7.75. The van der Waals surface area contributed by atoms with E-state index in [1.54, 1.807) is 0 Å². The van der Waals surface area contributed by atoms with E-state index in [2.05, 4.69) is 24.8 Å². The molecule has 1 fully saturated rings. The largest absolute Gasteiger partial charge is 0.434 e. The summed E-state index contributed by atoms with van der Waals surface area (Å²) in [6.07, 6.45) is 11.0. The zero-order valence-corrected chi connectivity index (χ0v) is 16.2. The van der Waals surface area contributed by atoms with Gasteiger partial charge in [0, 0.05) is 5.39 Å². The third kappa shape index (κ3) is 4.88. The molecule has 146 valence electrons. The van der Waals surface area contributed by atoms with Crippen LogP contribution in [0.3, 0.4) is 0 Å². The molecule has 0 saturated heterocycles. The molecule has 0 unspecified atom stereocenters. The predicted octanol–water partition coefficient (Wildman–Crippen LogP) is 7.63. The molecule has 0 radical (unpaired) electrons. The van der Waals surface area contributed by atoms with Gasteiger partial charge in [0.1, 0.15) is 5.75 Å². The SMILES string of the molecule is C=CCCC1CCC(c2ccc3c(OC(F)F)c(CCC)ccc3c2)CC1. The fourth-order valence-corrected chi connectivity index (χ4v) is 4.45. The van der Waals surface area contributed by atoms with Gasteiger partial charge in [-0.3, -0.25) is 0 Å². The molecule has 0 bridgehead atoms. The van der Waals surface area contributed by atoms with E-state index in [4.69, 9.17) is 4.74 Å². The van der Waals surface area contributed by atoms with Crippen LogP contribution in [-0.4, -0.2) is 6.61 Å². The maximum Gasteiger partial charge on any atom is 0.387 e. The van der Waals surface area contributed by atoms with Crippen molar-refractivity contribution in [2.45, 2.75) is 70.8 Å². The number of allylic oxidation sites excluding steroid dienone is 1. The molecule has 2 aromatic carbocycles. The van der Waals surface area contributed by atoms with E-state index in [1.807, 2.05) is 25.1 Å². The Balaban J connectivity index is 1.81. The maximum atomic E-state index is 12.9. The van der Waals surface area contributed by atoms with Crippen LogP contribution < -0.4 is 4.74 Å². The van der Waals surface area contributed by atoms with Crippen molar-refractivity contribution in [1.29, 1.82) is 0 Å². The zero-order valence-electron chi connectivity index (χ0n) is 16.2. The van der Waals surface area contributed by atoms with E-state index in [0.29, 0.717) is 11.7 Å². The van der Waals surface area contributed by atoms with Crippen LogP contribution in [0.2, 0.25) is 0 Å². The highest BCUT2D eigenvalue weighted by molar-refractivity contribution is 5.90. The molecule has 0 aromatic heterocycles. The van der Waals surface area contributed by atoms with E-state index in [9.17, 15) is 8.78 Å². The Morgan fingerprint density at radius 2 is 1.93 bits per heavy atom. The first-order chi connectivity index (χ1) is 13.1. The van der Waals surface area contributed by atoms with Gasteiger partial charge in [-0.05, 0) is 73.3 Å². The Hall–Kier alpha value is -1.90. The maximum absolute atomic E-state index is 12.9. The molecule has 0 aliphatic heterocycles. The van der Waals surface area contributed by atoms with Crippen molar-refractivity contribution in [2.75, 3.05) is 0 Å². The van der Waals surface area contributed by atoms with E-state index < -0.39 is 6.61 Å². The van der Waals surface area contributed by atoms with Gasteiger partial charge in [0.05, 0.1) is 0 Å². The van der Waals surface area contributed by atoms with Gasteiger partial charge in [0.2, 0.25) is 0 Å². The van der Waals surface area contributed by atoms with Crippen LogP contribution in [0.15, 0.2) is 43.0 Å². The number of ether oxygens (including phenoxy) is 1. The first kappa shape index (κ1) is 19.9. The Kier molecular flexibility index (Phi) is 6.87. The van der Waals surface area contributed by atoms with Gasteiger partial charge in [-0.25, -0.2) is 0 Å². The van der Waals surface area contributed by atoms with Crippen molar-refractivity contribution < 1.29 is 13.5 Å². The van der Waals surface area contributed by atoms with Crippen molar-refractivity contribution in [2.24, 2.45) is 5.92 Å². The average Bonchev–Trinajstić information content (AvgIpc) is 2.68. The average molecular weight is 372 g/mol. The first-order valence-electron chi connectivity index (χ1n) is 10.2. The van der Waals surface area contributed by atoms with E-state index in [1.165, 1.54) is 37.7 Å². The number of rotatable bonds is 8. The van der Waals surface area contributed by atoms with E-state index in [0.717, 1.165) is 41.5 Å². The number of hydrogen-bond donors (Lipinski definition) is 0. The topological polar surface area (TPSA) is 9.23 Å². The summed E-state index contributed by atoms with van der Waals surface area (Å²) in [7, 11) is 0. The van der Waals surface area contributed by atoms with Gasteiger partial charge in [-0.1, -0.05) is 49.8 Å². The van der Waals surface area contributed by atoms with Gasteiger partial charge in [-0.2, -0.15) is 8.78 Å². The molecule has 0 amide bonds. The lowest BCUT2D eigenvalue weighted by atomic mass is 9.77. The molecular weight excluding hydrogens is 342 g/mol. The van der Waals surface area contributed by atoms with Gasteiger partial charge in [0.15, 0.2) is 0 Å². The molecule has 1 saturated carbocycles. The van der Waals surface area contributed by atoms with E-state index in [-0.39, 0.29) is 0 Å². The molecule has 1 aliphatic carbocycles. The second kappa shape index (κ2) is 9.34. The van der Waals surface area contributed by atoms with Crippen LogP contribution in [0.25, 0.3) is 10.8 Å². The molecule has 1 aliphatic rings. The number of hydrogen-bond acceptors (Lipinski definition) is 1. The summed E-state index contributed by atoms with van der Waals surface area (Å²) in [5.74, 6) is 1.75. The Morgan fingerprint density at radius 3 is 2.59 bits per heavy atom. The molecule has 1 nitrogen and oxygen atoms in total. The van der Waals surface area contributed by atoms with E-state index >= 15 is 0 Å². The summed E-state index contributed by atoms with van der Waals surface area (Å²) in [5.41, 5.74) is 2.19. The van der Waals surface area contributed by atoms with Crippen LogP contribution >= 0.6 is 0 Å². The lowest BCUT2D eigenvalue weighted by molar-refractivity contribution is -0.0493. The van der Waals surface area contributed by atoms with Crippen molar-refractivity contribution in [3.8, 4) is 5.75 Å². The minimum atomic E-state index is -2.79. The molecule has 3 heteroatoms. The number of aryl methyl sites for hydroxylation is 1. The fourth-order valence-electron chi connectivity index (χ4n) is 4.45. The Labute approximate surface area is 161 Å². The third-order valence-electron chi connectivity index (χ3n) is 5.90. The number of fused-ring (bicyclic) bond motifs is 1. The van der Waals surface area contributed by atoms with Crippen molar-refractivity contribution in [3.63, 3.8) is 0 Å². The van der Waals surface area contributed by atoms with Crippen molar-refractivity contribution in [3.05, 3.63) is 54.1 Å². The molecule has 0 atom stereocenters. The normalized spacial score (nSPS) is 20.1. The quantitative estimate of drug-likeness (QED) is 0.433. The highest BCUT2D eigenvalue weighted by Crippen LogP contribution is 2.40. The summed E-state index contributed by atoms with van der Waals surface area (Å²) >= 11 is 0. The number of halogens is 2. The van der Waals surface area contributed by atoms with Crippen LogP contribution in [-0.2, 0) is 6.42 Å². The zero-order chi connectivity index (χ0) is 19.2. The van der Waals surface area contributed by atoms with Gasteiger partial charge >= 0.3 is 6.61 Å². The van der Waals surface area contributed by atoms with Crippen molar-refractivity contribution in [1.82, 2.24) is 0 Å². The molecule has 0 spiro atoms. The molecular formula is C24H30F2O. The number of alkyl halides is 2. The van der Waals surface area contributed by atoms with Crippen LogP contribution in [0.1, 0.15) is 68.9 Å². The number of benzene rings is 2. The highest BCUT2D eigenvalue weighted by Gasteiger charge is 2.22. The summed E-state index contributed by atoms with van der Waals surface area (Å²) < 4.78 is 30.8. The second-order valence-electron chi connectivity index (χ2n) is 7.75. The summed E-state index contributed by atoms with van der Waals surface area (Å²) in [6.45, 7) is 3.07. The smallest absolute Gasteiger partial charge is 0.387 e. The Bertz CT molecular complexity index is 760. The first-order valence-corrected chi connectivity index (χ1v) is 10.2. The fraction of sp³-hybridized carbons (Fsp3) is 0.500. The molecule has 0 N–H and O–H groups in total. The minimum Gasteiger partial charge on any atom is -0.434 e. The van der Waals surface area contributed by atoms with Gasteiger partial charge in [0.25, 0.3) is 0 Å². The molecule has 27 heavy (non-hydrogen) atoms. The lowest BCUT2D eigenvalue weighted by Crippen LogP contribution is -2.13. The Morgan fingerprint density at radius 1 is 1.15 bits per heavy atom. The monoisotopic (exact) mass is 372 g/mol. The van der Waals surface area contributed by atoms with Gasteiger partial charge < -0.3 is 4.74 Å². The van der Waals surface area contributed by atoms with Crippen LogP contribution in [0.5, 0.6) is 5.75 Å². The minimum absolute atomic E-state index is 0.351. The highest BCUT2D eigenvalue weighted by atomic mass is 19.3. The molecule has 3 rings (SSSR count). The summed E-state index contributed by atoms with van der Waals surface area (Å²) in [4.78, 5) is 0. The summed E-state index contributed by atoms with van der Waals surface area (Å²) in [5, 5.41) is 1.79. The lowest BCUT2D eigenvalue weighted by Gasteiger charge is -2.29.